The minimum atomic E-state index is -0.0739. The van der Waals surface area contributed by atoms with E-state index in [9.17, 15) is 4.79 Å². The fraction of sp³-hybridized carbons (Fsp3) is 0.273. The molecule has 0 radical (unpaired) electrons. The Bertz CT molecular complexity index is 334. The molecule has 0 bridgehead atoms. The molecule has 0 amide bonds. The Kier molecular flexibility index (Phi) is 2.58. The van der Waals surface area contributed by atoms with Gasteiger partial charge in [-0.05, 0) is 5.56 Å². The van der Waals surface area contributed by atoms with Gasteiger partial charge in [0.05, 0.1) is 12.9 Å². The summed E-state index contributed by atoms with van der Waals surface area (Å²) in [6.45, 7) is 1.35. The smallest absolute Gasteiger partial charge is 0.144 e. The molecule has 1 aliphatic heterocycles. The maximum atomic E-state index is 10.7. The second kappa shape index (κ2) is 4.05. The zero-order valence-corrected chi connectivity index (χ0v) is 7.84. The summed E-state index contributed by atoms with van der Waals surface area (Å²) < 4.78 is 0. The third kappa shape index (κ3) is 1.82. The summed E-state index contributed by atoms with van der Waals surface area (Å²) in [4.78, 5) is 16.7. The van der Waals surface area contributed by atoms with Crippen molar-refractivity contribution in [3.8, 4) is 0 Å². The zero-order chi connectivity index (χ0) is 9.80. The normalized spacial score (nSPS) is 20.0. The summed E-state index contributed by atoms with van der Waals surface area (Å²) in [6.07, 6.45) is 2.71. The molecule has 1 aliphatic rings. The Morgan fingerprint density at radius 1 is 1.43 bits per heavy atom. The summed E-state index contributed by atoms with van der Waals surface area (Å²) in [6, 6.07) is 10.0. The zero-order valence-electron chi connectivity index (χ0n) is 7.84. The van der Waals surface area contributed by atoms with Crippen LogP contribution >= 0.6 is 0 Å². The van der Waals surface area contributed by atoms with E-state index in [-0.39, 0.29) is 6.04 Å². The molecule has 1 heterocycles. The summed E-state index contributed by atoms with van der Waals surface area (Å²) in [7, 11) is 0. The number of hydrogen-bond donors (Lipinski definition) is 0. The number of aliphatic imine (C=N–C) groups is 1. The van der Waals surface area contributed by atoms with Gasteiger partial charge in [0.2, 0.25) is 0 Å². The molecule has 14 heavy (non-hydrogen) atoms. The molecule has 1 aromatic rings. The lowest BCUT2D eigenvalue weighted by Gasteiger charge is -2.19. The van der Waals surface area contributed by atoms with E-state index in [0.717, 1.165) is 12.8 Å². The fourth-order valence-corrected chi connectivity index (χ4v) is 1.52. The van der Waals surface area contributed by atoms with Crippen molar-refractivity contribution in [2.45, 2.75) is 12.6 Å². The molecule has 0 aliphatic carbocycles. The lowest BCUT2D eigenvalue weighted by Crippen LogP contribution is -2.32. The van der Waals surface area contributed by atoms with Crippen molar-refractivity contribution >= 4 is 12.6 Å². The second-order valence-corrected chi connectivity index (χ2v) is 3.34. The van der Waals surface area contributed by atoms with Crippen molar-refractivity contribution in [2.75, 3.05) is 6.54 Å². The van der Waals surface area contributed by atoms with Crippen molar-refractivity contribution in [2.24, 2.45) is 4.99 Å². The minimum absolute atomic E-state index is 0.0739. The Labute approximate surface area is 83.1 Å². The van der Waals surface area contributed by atoms with Gasteiger partial charge in [-0.25, -0.2) is 0 Å². The molecule has 72 valence electrons. The maximum Gasteiger partial charge on any atom is 0.144 e. The highest BCUT2D eigenvalue weighted by Crippen LogP contribution is 2.09. The van der Waals surface area contributed by atoms with Crippen LogP contribution in [-0.2, 0) is 11.3 Å². The van der Waals surface area contributed by atoms with Gasteiger partial charge in [0.15, 0.2) is 0 Å². The molecule has 0 saturated carbocycles. The van der Waals surface area contributed by atoms with Crippen molar-refractivity contribution < 1.29 is 4.79 Å². The van der Waals surface area contributed by atoms with E-state index in [1.165, 1.54) is 5.56 Å². The average molecular weight is 188 g/mol. The van der Waals surface area contributed by atoms with Crippen LogP contribution in [0.15, 0.2) is 35.3 Å². The minimum Gasteiger partial charge on any atom is -0.347 e. The number of hydrogen-bond acceptors (Lipinski definition) is 3. The summed E-state index contributed by atoms with van der Waals surface area (Å²) in [5.41, 5.74) is 1.20. The Morgan fingerprint density at radius 3 is 2.93 bits per heavy atom. The van der Waals surface area contributed by atoms with Crippen LogP contribution in [-0.4, -0.2) is 30.1 Å². The largest absolute Gasteiger partial charge is 0.347 e. The number of nitrogens with zero attached hydrogens (tertiary/aromatic N) is 2. The summed E-state index contributed by atoms with van der Waals surface area (Å²) in [5, 5.41) is 0. The Hall–Kier alpha value is -1.64. The molecule has 0 fully saturated rings. The van der Waals surface area contributed by atoms with Crippen LogP contribution < -0.4 is 0 Å². The van der Waals surface area contributed by atoms with Crippen molar-refractivity contribution in [1.29, 1.82) is 0 Å². The maximum absolute atomic E-state index is 10.7. The lowest BCUT2D eigenvalue weighted by atomic mass is 10.2. The van der Waals surface area contributed by atoms with E-state index in [4.69, 9.17) is 0 Å². The number of rotatable bonds is 3. The second-order valence-electron chi connectivity index (χ2n) is 3.34. The first-order chi connectivity index (χ1) is 6.90. The SMILES string of the molecule is O=CC1CN=CN1Cc1ccccc1. The summed E-state index contributed by atoms with van der Waals surface area (Å²) >= 11 is 0. The number of benzene rings is 1. The number of aldehydes is 1. The number of carbonyl (C=O) groups excluding carboxylic acids is 1. The van der Waals surface area contributed by atoms with Gasteiger partial charge in [-0.3, -0.25) is 4.99 Å². The number of carbonyl (C=O) groups is 1. The monoisotopic (exact) mass is 188 g/mol. The van der Waals surface area contributed by atoms with Crippen LogP contribution in [0.4, 0.5) is 0 Å². The highest BCUT2D eigenvalue weighted by Gasteiger charge is 2.18. The van der Waals surface area contributed by atoms with Crippen molar-refractivity contribution in [3.05, 3.63) is 35.9 Å². The van der Waals surface area contributed by atoms with Crippen LogP contribution in [0.3, 0.4) is 0 Å². The van der Waals surface area contributed by atoms with Gasteiger partial charge < -0.3 is 9.69 Å². The standard InChI is InChI=1S/C11H12N2O/c14-8-11-6-12-9-13(11)7-10-4-2-1-3-5-10/h1-5,8-9,11H,6-7H2. The van der Waals surface area contributed by atoms with Gasteiger partial charge in [0.1, 0.15) is 12.3 Å². The highest BCUT2D eigenvalue weighted by molar-refractivity contribution is 5.70. The molecule has 0 spiro atoms. The van der Waals surface area contributed by atoms with E-state index in [1.807, 2.05) is 35.2 Å². The predicted molar refractivity (Wildman–Crippen MR) is 55.2 cm³/mol. The topological polar surface area (TPSA) is 32.7 Å². The van der Waals surface area contributed by atoms with E-state index in [0.29, 0.717) is 6.54 Å². The third-order valence-electron chi connectivity index (χ3n) is 2.31. The fourth-order valence-electron chi connectivity index (χ4n) is 1.52. The molecular weight excluding hydrogens is 176 g/mol. The van der Waals surface area contributed by atoms with Crippen LogP contribution in [0.25, 0.3) is 0 Å². The molecule has 3 heteroatoms. The van der Waals surface area contributed by atoms with Crippen LogP contribution in [0.5, 0.6) is 0 Å². The molecule has 2 rings (SSSR count). The average Bonchev–Trinajstić information content (AvgIpc) is 2.67. The quantitative estimate of drug-likeness (QED) is 0.665. The van der Waals surface area contributed by atoms with Gasteiger partial charge in [0.25, 0.3) is 0 Å². The Balaban J connectivity index is 2.04. The molecule has 3 nitrogen and oxygen atoms in total. The van der Waals surface area contributed by atoms with E-state index >= 15 is 0 Å². The molecule has 0 aromatic heterocycles. The molecule has 0 N–H and O–H groups in total. The van der Waals surface area contributed by atoms with E-state index in [1.54, 1.807) is 6.34 Å². The van der Waals surface area contributed by atoms with Gasteiger partial charge >= 0.3 is 0 Å². The molecule has 0 saturated heterocycles. The molecule has 1 unspecified atom stereocenters. The van der Waals surface area contributed by atoms with Crippen molar-refractivity contribution in [1.82, 2.24) is 4.90 Å². The van der Waals surface area contributed by atoms with Gasteiger partial charge in [0, 0.05) is 6.54 Å². The molecular formula is C11H12N2O. The van der Waals surface area contributed by atoms with E-state index in [2.05, 4.69) is 4.99 Å². The third-order valence-corrected chi connectivity index (χ3v) is 2.31. The van der Waals surface area contributed by atoms with Crippen LogP contribution in [0.1, 0.15) is 5.56 Å². The first-order valence-electron chi connectivity index (χ1n) is 4.65. The lowest BCUT2D eigenvalue weighted by molar-refractivity contribution is -0.110. The molecule has 1 aromatic carbocycles. The molecule has 1 atom stereocenters. The van der Waals surface area contributed by atoms with Gasteiger partial charge in [-0.1, -0.05) is 30.3 Å². The van der Waals surface area contributed by atoms with Gasteiger partial charge in [-0.2, -0.15) is 0 Å². The first-order valence-corrected chi connectivity index (χ1v) is 4.65. The first kappa shape index (κ1) is 8.94. The summed E-state index contributed by atoms with van der Waals surface area (Å²) in [5.74, 6) is 0. The van der Waals surface area contributed by atoms with Crippen LogP contribution in [0, 0.1) is 0 Å². The van der Waals surface area contributed by atoms with Gasteiger partial charge in [-0.15, -0.1) is 0 Å². The predicted octanol–water partition coefficient (Wildman–Crippen LogP) is 1.10. The van der Waals surface area contributed by atoms with Crippen molar-refractivity contribution in [3.63, 3.8) is 0 Å². The Morgan fingerprint density at radius 2 is 2.21 bits per heavy atom. The van der Waals surface area contributed by atoms with Crippen LogP contribution in [0.2, 0.25) is 0 Å². The van der Waals surface area contributed by atoms with E-state index < -0.39 is 0 Å². The highest BCUT2D eigenvalue weighted by atomic mass is 16.1.